The van der Waals surface area contributed by atoms with Crippen LogP contribution >= 0.6 is 46.7 Å². The number of benzene rings is 3. The number of thioether (sulfide) groups is 2. The molecular formula is C28H19Cl2N5OS2. The topological polar surface area (TPSA) is 73.8 Å². The van der Waals surface area contributed by atoms with Gasteiger partial charge in [-0.05, 0) is 47.2 Å². The highest BCUT2D eigenvalue weighted by molar-refractivity contribution is 8.45. The second-order valence-electron chi connectivity index (χ2n) is 8.64. The molecule has 10 heteroatoms. The number of rotatable bonds is 5. The summed E-state index contributed by atoms with van der Waals surface area (Å²) in [5.74, 6) is 0.319. The lowest BCUT2D eigenvalue weighted by molar-refractivity contribution is -0.114. The number of amides is 1. The molecule has 1 N–H and O–H groups in total. The van der Waals surface area contributed by atoms with E-state index in [4.69, 9.17) is 28.6 Å². The minimum absolute atomic E-state index is 0.0177. The van der Waals surface area contributed by atoms with Gasteiger partial charge in [-0.1, -0.05) is 89.6 Å². The fourth-order valence-corrected chi connectivity index (χ4v) is 6.47. The van der Waals surface area contributed by atoms with Gasteiger partial charge in [-0.15, -0.1) is 5.10 Å². The fourth-order valence-electron chi connectivity index (χ4n) is 4.26. The number of amidine groups is 2. The molecule has 188 valence electrons. The zero-order valence-electron chi connectivity index (χ0n) is 19.8. The van der Waals surface area contributed by atoms with E-state index in [0.29, 0.717) is 21.8 Å². The molecule has 0 bridgehead atoms. The summed E-state index contributed by atoms with van der Waals surface area (Å²) in [6, 6.07) is 23.6. The fraction of sp³-hybridized carbons (Fsp3) is 0.0714. The Labute approximate surface area is 237 Å². The SMILES string of the molecule is N=C1/C(=C/c2cn(Cc3ccc(Cl)c(Cl)c3)c3ccccc23)C(=O)N=C2SC(SCc3ccccc3)=NN12. The molecule has 2 aliphatic heterocycles. The number of aliphatic imine (C=N–C) groups is 1. The molecule has 6 rings (SSSR count). The summed E-state index contributed by atoms with van der Waals surface area (Å²) in [6.45, 7) is 0.573. The van der Waals surface area contributed by atoms with Gasteiger partial charge < -0.3 is 4.57 Å². The minimum Gasteiger partial charge on any atom is -0.342 e. The third-order valence-electron chi connectivity index (χ3n) is 6.10. The third-order valence-corrected chi connectivity index (χ3v) is 8.95. The Hall–Kier alpha value is -3.30. The molecule has 0 spiro atoms. The molecule has 0 radical (unpaired) electrons. The number of hydrogen-bond donors (Lipinski definition) is 1. The molecule has 1 amide bonds. The van der Waals surface area contributed by atoms with Crippen molar-refractivity contribution in [3.63, 3.8) is 0 Å². The first-order chi connectivity index (χ1) is 18.5. The van der Waals surface area contributed by atoms with E-state index in [0.717, 1.165) is 32.2 Å². The van der Waals surface area contributed by atoms with Gasteiger partial charge in [-0.25, -0.2) is 0 Å². The maximum absolute atomic E-state index is 13.0. The number of carbonyl (C=O) groups excluding carboxylic acids is 1. The average Bonchev–Trinajstić information content (AvgIpc) is 3.49. The standard InChI is InChI=1S/C28H19Cl2N5OS2/c29-22-11-10-18(12-23(22)30)14-34-15-19(20-8-4-5-9-24(20)34)13-21-25(31)35-27(32-26(21)36)38-28(33-35)37-16-17-6-2-1-3-7-17/h1-13,15,31H,14,16H2/b21-13-,31-25?. The molecule has 0 unspecified atom stereocenters. The third kappa shape index (κ3) is 4.92. The summed E-state index contributed by atoms with van der Waals surface area (Å²) < 4.78 is 2.85. The van der Waals surface area contributed by atoms with E-state index in [1.165, 1.54) is 22.3 Å². The molecule has 6 nitrogen and oxygen atoms in total. The van der Waals surface area contributed by atoms with Gasteiger partial charge in [0.1, 0.15) is 0 Å². The van der Waals surface area contributed by atoms with Crippen molar-refractivity contribution in [3.05, 3.63) is 111 Å². The van der Waals surface area contributed by atoms with E-state index in [2.05, 4.69) is 26.8 Å². The van der Waals surface area contributed by atoms with Crippen molar-refractivity contribution in [1.29, 1.82) is 5.41 Å². The molecule has 2 aliphatic rings. The first-order valence-electron chi connectivity index (χ1n) is 11.6. The van der Waals surface area contributed by atoms with E-state index in [1.807, 2.05) is 60.8 Å². The Morgan fingerprint density at radius 1 is 0.974 bits per heavy atom. The van der Waals surface area contributed by atoms with Crippen LogP contribution in [0.5, 0.6) is 0 Å². The van der Waals surface area contributed by atoms with E-state index in [9.17, 15) is 4.79 Å². The number of aromatic nitrogens is 1. The summed E-state index contributed by atoms with van der Waals surface area (Å²) in [5, 5.41) is 17.2. The van der Waals surface area contributed by atoms with E-state index in [-0.39, 0.29) is 11.4 Å². The van der Waals surface area contributed by atoms with Gasteiger partial charge in [-0.2, -0.15) is 10.0 Å². The van der Waals surface area contributed by atoms with Gasteiger partial charge >= 0.3 is 0 Å². The number of fused-ring (bicyclic) bond motifs is 2. The highest BCUT2D eigenvalue weighted by atomic mass is 35.5. The van der Waals surface area contributed by atoms with Crippen molar-refractivity contribution in [2.75, 3.05) is 0 Å². The van der Waals surface area contributed by atoms with Crippen LogP contribution in [0, 0.1) is 5.41 Å². The van der Waals surface area contributed by atoms with Crippen LogP contribution in [-0.2, 0) is 17.1 Å². The molecule has 0 saturated carbocycles. The summed E-state index contributed by atoms with van der Waals surface area (Å²) >= 11 is 15.2. The van der Waals surface area contributed by atoms with Crippen LogP contribution < -0.4 is 0 Å². The van der Waals surface area contributed by atoms with Crippen LogP contribution in [0.25, 0.3) is 17.0 Å². The Kier molecular flexibility index (Phi) is 6.88. The molecule has 0 fully saturated rings. The van der Waals surface area contributed by atoms with Gasteiger partial charge in [0, 0.05) is 35.0 Å². The maximum atomic E-state index is 13.0. The van der Waals surface area contributed by atoms with Gasteiger partial charge in [-0.3, -0.25) is 10.2 Å². The Morgan fingerprint density at radius 3 is 2.58 bits per heavy atom. The van der Waals surface area contributed by atoms with Gasteiger partial charge in [0.25, 0.3) is 5.91 Å². The van der Waals surface area contributed by atoms with Gasteiger partial charge in [0.05, 0.1) is 15.6 Å². The number of para-hydroxylation sites is 1. The molecule has 0 atom stereocenters. The maximum Gasteiger partial charge on any atom is 0.283 e. The first kappa shape index (κ1) is 25.0. The van der Waals surface area contributed by atoms with Crippen LogP contribution in [0.2, 0.25) is 10.0 Å². The molecular weight excluding hydrogens is 557 g/mol. The number of hydrazone groups is 1. The van der Waals surface area contributed by atoms with Crippen molar-refractivity contribution >= 4 is 85.0 Å². The van der Waals surface area contributed by atoms with Gasteiger partial charge in [0.15, 0.2) is 10.2 Å². The Bertz CT molecular complexity index is 1690. The highest BCUT2D eigenvalue weighted by Crippen LogP contribution is 2.34. The second-order valence-corrected chi connectivity index (χ2v) is 11.6. The zero-order chi connectivity index (χ0) is 26.2. The van der Waals surface area contributed by atoms with E-state index in [1.54, 1.807) is 23.9 Å². The van der Waals surface area contributed by atoms with Crippen LogP contribution in [0.1, 0.15) is 16.7 Å². The quantitative estimate of drug-likeness (QED) is 0.250. The lowest BCUT2D eigenvalue weighted by Crippen LogP contribution is -2.35. The average molecular weight is 577 g/mol. The Balaban J connectivity index is 1.29. The van der Waals surface area contributed by atoms with Crippen molar-refractivity contribution < 1.29 is 4.79 Å². The molecule has 0 saturated heterocycles. The normalized spacial score (nSPS) is 16.3. The van der Waals surface area contributed by atoms with Crippen molar-refractivity contribution in [2.24, 2.45) is 10.1 Å². The molecule has 3 aromatic carbocycles. The molecule has 1 aromatic heterocycles. The van der Waals surface area contributed by atoms with Crippen molar-refractivity contribution in [2.45, 2.75) is 12.3 Å². The summed E-state index contributed by atoms with van der Waals surface area (Å²) in [7, 11) is 0. The lowest BCUT2D eigenvalue weighted by atomic mass is 10.1. The summed E-state index contributed by atoms with van der Waals surface area (Å²) in [6.07, 6.45) is 3.71. The second kappa shape index (κ2) is 10.5. The summed E-state index contributed by atoms with van der Waals surface area (Å²) in [5.41, 5.74) is 4.20. The smallest absolute Gasteiger partial charge is 0.283 e. The largest absolute Gasteiger partial charge is 0.342 e. The van der Waals surface area contributed by atoms with E-state index >= 15 is 0 Å². The van der Waals surface area contributed by atoms with Crippen molar-refractivity contribution in [1.82, 2.24) is 9.58 Å². The Morgan fingerprint density at radius 2 is 1.76 bits per heavy atom. The van der Waals surface area contributed by atoms with Crippen LogP contribution in [-0.4, -0.2) is 30.9 Å². The molecule has 4 aromatic rings. The highest BCUT2D eigenvalue weighted by Gasteiger charge is 2.36. The molecule has 0 aliphatic carbocycles. The monoisotopic (exact) mass is 575 g/mol. The molecule has 3 heterocycles. The lowest BCUT2D eigenvalue weighted by Gasteiger charge is -2.20. The van der Waals surface area contributed by atoms with Crippen LogP contribution in [0.3, 0.4) is 0 Å². The van der Waals surface area contributed by atoms with E-state index < -0.39 is 5.91 Å². The predicted octanol–water partition coefficient (Wildman–Crippen LogP) is 7.51. The molecule has 38 heavy (non-hydrogen) atoms. The number of nitrogens with one attached hydrogen (secondary N) is 1. The first-order valence-corrected chi connectivity index (χ1v) is 14.2. The number of carbonyl (C=O) groups is 1. The van der Waals surface area contributed by atoms with Crippen LogP contribution in [0.15, 0.2) is 94.7 Å². The number of hydrogen-bond acceptors (Lipinski definition) is 5. The summed E-state index contributed by atoms with van der Waals surface area (Å²) in [4.78, 5) is 17.3. The van der Waals surface area contributed by atoms with Crippen molar-refractivity contribution in [3.8, 4) is 0 Å². The zero-order valence-corrected chi connectivity index (χ0v) is 22.9. The predicted molar refractivity (Wildman–Crippen MR) is 160 cm³/mol. The number of nitrogens with zero attached hydrogens (tertiary/aromatic N) is 4. The minimum atomic E-state index is -0.445. The van der Waals surface area contributed by atoms with Crippen LogP contribution in [0.4, 0.5) is 0 Å². The van der Waals surface area contributed by atoms with Gasteiger partial charge in [0.2, 0.25) is 5.17 Å². The number of halogens is 2.